The van der Waals surface area contributed by atoms with Gasteiger partial charge in [0, 0.05) is 34.5 Å². The Labute approximate surface area is 124 Å². The van der Waals surface area contributed by atoms with Crippen LogP contribution in [0.1, 0.15) is 12.8 Å². The number of benzene rings is 1. The fourth-order valence-corrected chi connectivity index (χ4v) is 2.37. The molecule has 2 aromatic rings. The van der Waals surface area contributed by atoms with E-state index in [-0.39, 0.29) is 18.9 Å². The molecule has 20 heavy (non-hydrogen) atoms. The highest BCUT2D eigenvalue weighted by atomic mass is 79.9. The molecule has 6 heteroatoms. The smallest absolute Gasteiger partial charge is 0.303 e. The molecule has 1 aromatic carbocycles. The van der Waals surface area contributed by atoms with Gasteiger partial charge in [-0.1, -0.05) is 15.9 Å². The number of carboxylic acids is 1. The molecule has 0 aliphatic rings. The van der Waals surface area contributed by atoms with Gasteiger partial charge in [-0.3, -0.25) is 9.59 Å². The van der Waals surface area contributed by atoms with Crippen molar-refractivity contribution in [2.75, 3.05) is 6.54 Å². The van der Waals surface area contributed by atoms with E-state index < -0.39 is 5.97 Å². The van der Waals surface area contributed by atoms with Crippen molar-refractivity contribution in [2.24, 2.45) is 0 Å². The van der Waals surface area contributed by atoms with E-state index in [0.29, 0.717) is 13.0 Å². The van der Waals surface area contributed by atoms with Crippen LogP contribution in [0, 0.1) is 0 Å². The molecule has 106 valence electrons. The average molecular weight is 339 g/mol. The number of hydrogen-bond acceptors (Lipinski definition) is 2. The number of amides is 1. The van der Waals surface area contributed by atoms with E-state index in [1.165, 1.54) is 0 Å². The Balaban J connectivity index is 1.91. The van der Waals surface area contributed by atoms with Crippen LogP contribution in [0.2, 0.25) is 0 Å². The Morgan fingerprint density at radius 1 is 1.30 bits per heavy atom. The van der Waals surface area contributed by atoms with E-state index in [1.807, 2.05) is 35.0 Å². The predicted octanol–water partition coefficient (Wildman–Crippen LogP) is 2.38. The molecule has 0 aliphatic carbocycles. The number of fused-ring (bicyclic) bond motifs is 1. The molecule has 0 saturated carbocycles. The topological polar surface area (TPSA) is 71.3 Å². The molecule has 0 fully saturated rings. The van der Waals surface area contributed by atoms with Crippen LogP contribution in [0.3, 0.4) is 0 Å². The van der Waals surface area contributed by atoms with Crippen molar-refractivity contribution in [3.05, 3.63) is 34.9 Å². The second-order valence-corrected chi connectivity index (χ2v) is 5.41. The van der Waals surface area contributed by atoms with Crippen LogP contribution in [-0.2, 0) is 16.1 Å². The zero-order valence-corrected chi connectivity index (χ0v) is 12.4. The number of aromatic nitrogens is 1. The van der Waals surface area contributed by atoms with E-state index >= 15 is 0 Å². The van der Waals surface area contributed by atoms with Gasteiger partial charge in [0.05, 0.1) is 0 Å². The number of rotatable bonds is 6. The Morgan fingerprint density at radius 3 is 2.85 bits per heavy atom. The number of hydrogen-bond donors (Lipinski definition) is 2. The number of nitrogens with one attached hydrogen (secondary N) is 1. The summed E-state index contributed by atoms with van der Waals surface area (Å²) in [7, 11) is 0. The monoisotopic (exact) mass is 338 g/mol. The molecule has 1 aromatic heterocycles. The Bertz CT molecular complexity index is 636. The van der Waals surface area contributed by atoms with Gasteiger partial charge >= 0.3 is 5.97 Å². The molecule has 0 unspecified atom stereocenters. The van der Waals surface area contributed by atoms with Gasteiger partial charge in [-0.15, -0.1) is 0 Å². The van der Waals surface area contributed by atoms with Crippen LogP contribution < -0.4 is 5.32 Å². The van der Waals surface area contributed by atoms with Gasteiger partial charge < -0.3 is 15.0 Å². The van der Waals surface area contributed by atoms with E-state index in [0.717, 1.165) is 15.4 Å². The summed E-state index contributed by atoms with van der Waals surface area (Å²) < 4.78 is 2.87. The van der Waals surface area contributed by atoms with E-state index in [2.05, 4.69) is 21.2 Å². The van der Waals surface area contributed by atoms with Crippen molar-refractivity contribution >= 4 is 38.7 Å². The molecular formula is C14H15BrN2O3. The van der Waals surface area contributed by atoms with Crippen LogP contribution in [-0.4, -0.2) is 28.1 Å². The summed E-state index contributed by atoms with van der Waals surface area (Å²) in [6.45, 7) is 0.619. The summed E-state index contributed by atoms with van der Waals surface area (Å²) in [5.74, 6) is -0.961. The first-order chi connectivity index (χ1) is 9.56. The van der Waals surface area contributed by atoms with Gasteiger partial charge in [0.1, 0.15) is 6.54 Å². The van der Waals surface area contributed by atoms with Gasteiger partial charge in [0.2, 0.25) is 5.91 Å². The minimum absolute atomic E-state index is 0.0702. The number of carboxylic acid groups (broad SMARTS) is 1. The second kappa shape index (κ2) is 6.56. The normalized spacial score (nSPS) is 10.7. The fourth-order valence-electron chi connectivity index (χ4n) is 1.99. The largest absolute Gasteiger partial charge is 0.481 e. The van der Waals surface area contributed by atoms with Crippen molar-refractivity contribution in [2.45, 2.75) is 19.4 Å². The zero-order chi connectivity index (χ0) is 14.5. The molecule has 1 amide bonds. The molecule has 2 rings (SSSR count). The number of carbonyl (C=O) groups is 2. The van der Waals surface area contributed by atoms with Gasteiger partial charge in [0.25, 0.3) is 0 Å². The Morgan fingerprint density at radius 2 is 2.10 bits per heavy atom. The van der Waals surface area contributed by atoms with E-state index in [9.17, 15) is 9.59 Å². The maximum atomic E-state index is 11.8. The van der Waals surface area contributed by atoms with E-state index in [1.54, 1.807) is 0 Å². The highest BCUT2D eigenvalue weighted by molar-refractivity contribution is 9.10. The third kappa shape index (κ3) is 3.84. The SMILES string of the molecule is O=C(O)CCCNC(=O)Cn1ccc2cc(Br)ccc21. The molecule has 5 nitrogen and oxygen atoms in total. The molecule has 0 atom stereocenters. The predicted molar refractivity (Wildman–Crippen MR) is 79.5 cm³/mol. The molecule has 0 aliphatic heterocycles. The van der Waals surface area contributed by atoms with Crippen LogP contribution in [0.15, 0.2) is 34.9 Å². The molecule has 2 N–H and O–H groups in total. The van der Waals surface area contributed by atoms with Crippen LogP contribution in [0.4, 0.5) is 0 Å². The first-order valence-corrected chi connectivity index (χ1v) is 7.08. The lowest BCUT2D eigenvalue weighted by atomic mass is 10.2. The Kier molecular flexibility index (Phi) is 4.79. The van der Waals surface area contributed by atoms with Gasteiger partial charge in [-0.05, 0) is 30.7 Å². The zero-order valence-electron chi connectivity index (χ0n) is 10.8. The molecule has 0 bridgehead atoms. The van der Waals surface area contributed by atoms with Gasteiger partial charge in [-0.25, -0.2) is 0 Å². The fraction of sp³-hybridized carbons (Fsp3) is 0.286. The maximum absolute atomic E-state index is 11.8. The molecular weight excluding hydrogens is 324 g/mol. The third-order valence-corrected chi connectivity index (χ3v) is 3.43. The lowest BCUT2D eigenvalue weighted by molar-refractivity contribution is -0.137. The second-order valence-electron chi connectivity index (χ2n) is 4.49. The summed E-state index contributed by atoms with van der Waals surface area (Å²) in [4.78, 5) is 22.1. The van der Waals surface area contributed by atoms with Crippen LogP contribution in [0.5, 0.6) is 0 Å². The minimum atomic E-state index is -0.846. The first kappa shape index (κ1) is 14.6. The lowest BCUT2D eigenvalue weighted by Gasteiger charge is -2.07. The summed E-state index contributed by atoms with van der Waals surface area (Å²) in [5.41, 5.74) is 0.994. The van der Waals surface area contributed by atoms with Crippen molar-refractivity contribution in [3.63, 3.8) is 0 Å². The molecule has 0 saturated heterocycles. The van der Waals surface area contributed by atoms with Crippen LogP contribution >= 0.6 is 15.9 Å². The quantitative estimate of drug-likeness (QED) is 0.794. The minimum Gasteiger partial charge on any atom is -0.481 e. The third-order valence-electron chi connectivity index (χ3n) is 2.94. The summed E-state index contributed by atoms with van der Waals surface area (Å²) in [5, 5.41) is 12.3. The van der Waals surface area contributed by atoms with Crippen molar-refractivity contribution in [1.29, 1.82) is 0 Å². The average Bonchev–Trinajstić information content (AvgIpc) is 2.77. The summed E-state index contributed by atoms with van der Waals surface area (Å²) >= 11 is 3.41. The summed E-state index contributed by atoms with van der Waals surface area (Å²) in [6.07, 6.45) is 2.38. The number of halogens is 1. The highest BCUT2D eigenvalue weighted by Gasteiger charge is 2.06. The molecule has 0 spiro atoms. The van der Waals surface area contributed by atoms with Crippen molar-refractivity contribution in [3.8, 4) is 0 Å². The van der Waals surface area contributed by atoms with E-state index in [4.69, 9.17) is 5.11 Å². The van der Waals surface area contributed by atoms with Crippen molar-refractivity contribution in [1.82, 2.24) is 9.88 Å². The summed E-state index contributed by atoms with van der Waals surface area (Å²) in [6, 6.07) is 7.84. The maximum Gasteiger partial charge on any atom is 0.303 e. The number of nitrogens with zero attached hydrogens (tertiary/aromatic N) is 1. The van der Waals surface area contributed by atoms with Gasteiger partial charge in [-0.2, -0.15) is 0 Å². The first-order valence-electron chi connectivity index (χ1n) is 6.29. The van der Waals surface area contributed by atoms with Crippen LogP contribution in [0.25, 0.3) is 10.9 Å². The standard InChI is InChI=1S/C14H15BrN2O3/c15-11-3-4-12-10(8-11)5-7-17(12)9-13(18)16-6-1-2-14(19)20/h3-5,7-8H,1-2,6,9H2,(H,16,18)(H,19,20). The van der Waals surface area contributed by atoms with Gasteiger partial charge in [0.15, 0.2) is 0 Å². The van der Waals surface area contributed by atoms with Crippen molar-refractivity contribution < 1.29 is 14.7 Å². The number of aliphatic carboxylic acids is 1. The molecule has 0 radical (unpaired) electrons. The lowest BCUT2D eigenvalue weighted by Crippen LogP contribution is -2.28. The highest BCUT2D eigenvalue weighted by Crippen LogP contribution is 2.20. The Hall–Kier alpha value is -1.82. The molecule has 1 heterocycles. The number of carbonyl (C=O) groups excluding carboxylic acids is 1.